The molecule has 0 saturated heterocycles. The van der Waals surface area contributed by atoms with Gasteiger partial charge in [0.05, 0.1) is 5.56 Å². The van der Waals surface area contributed by atoms with Gasteiger partial charge in [0.2, 0.25) is 0 Å². The largest absolute Gasteiger partial charge is 0.272 e. The van der Waals surface area contributed by atoms with Crippen molar-refractivity contribution in [1.29, 1.82) is 0 Å². The summed E-state index contributed by atoms with van der Waals surface area (Å²) in [5, 5.41) is 3.91. The molecule has 14 heavy (non-hydrogen) atoms. The maximum atomic E-state index is 11.4. The van der Waals surface area contributed by atoms with E-state index in [1.54, 1.807) is 18.3 Å². The number of nitrogens with zero attached hydrogens (tertiary/aromatic N) is 2. The highest BCUT2D eigenvalue weighted by Gasteiger charge is 2.02. The number of carbonyl (C=O) groups excluding carboxylic acids is 1. The Morgan fingerprint density at radius 1 is 1.64 bits per heavy atom. The maximum absolute atomic E-state index is 11.4. The molecule has 1 N–H and O–H groups in total. The van der Waals surface area contributed by atoms with Gasteiger partial charge in [-0.15, -0.1) is 0 Å². The minimum atomic E-state index is -0.231. The number of hydrazone groups is 1. The molecule has 0 atom stereocenters. The minimum Gasteiger partial charge on any atom is -0.267 e. The van der Waals surface area contributed by atoms with Crippen molar-refractivity contribution in [3.63, 3.8) is 0 Å². The summed E-state index contributed by atoms with van der Waals surface area (Å²) in [4.78, 5) is 15.3. The lowest BCUT2D eigenvalue weighted by atomic mass is 10.3. The van der Waals surface area contributed by atoms with Gasteiger partial charge in [-0.3, -0.25) is 9.78 Å². The van der Waals surface area contributed by atoms with Crippen molar-refractivity contribution < 1.29 is 4.79 Å². The molecule has 0 radical (unpaired) electrons. The van der Waals surface area contributed by atoms with E-state index < -0.39 is 0 Å². The summed E-state index contributed by atoms with van der Waals surface area (Å²) >= 11 is 0. The van der Waals surface area contributed by atoms with Crippen LogP contribution in [0.3, 0.4) is 0 Å². The van der Waals surface area contributed by atoms with Crippen LogP contribution in [0.25, 0.3) is 0 Å². The maximum Gasteiger partial charge on any atom is 0.272 e. The molecule has 1 aromatic heterocycles. The Bertz CT molecular complexity index is 332. The van der Waals surface area contributed by atoms with Gasteiger partial charge in [-0.1, -0.05) is 6.92 Å². The fourth-order valence-electron chi connectivity index (χ4n) is 0.787. The summed E-state index contributed by atoms with van der Waals surface area (Å²) in [5.74, 6) is -0.231. The molecule has 0 fully saturated rings. The fraction of sp³-hybridized carbons (Fsp3) is 0.300. The highest BCUT2D eigenvalue weighted by Crippen LogP contribution is 1.94. The highest BCUT2D eigenvalue weighted by molar-refractivity contribution is 5.94. The van der Waals surface area contributed by atoms with Gasteiger partial charge in [-0.25, -0.2) is 5.43 Å². The molecule has 0 aromatic carbocycles. The highest BCUT2D eigenvalue weighted by atomic mass is 16.2. The van der Waals surface area contributed by atoms with Crippen LogP contribution in [0.2, 0.25) is 0 Å². The van der Waals surface area contributed by atoms with E-state index >= 15 is 0 Å². The van der Waals surface area contributed by atoms with Crippen molar-refractivity contribution in [3.8, 4) is 0 Å². The molecule has 1 heterocycles. The zero-order chi connectivity index (χ0) is 10.4. The summed E-state index contributed by atoms with van der Waals surface area (Å²) in [6, 6.07) is 3.41. The van der Waals surface area contributed by atoms with Gasteiger partial charge < -0.3 is 0 Å². The molecule has 0 aliphatic carbocycles. The van der Waals surface area contributed by atoms with Crippen LogP contribution in [0, 0.1) is 0 Å². The van der Waals surface area contributed by atoms with E-state index in [1.807, 2.05) is 13.8 Å². The van der Waals surface area contributed by atoms with Crippen molar-refractivity contribution in [1.82, 2.24) is 10.4 Å². The van der Waals surface area contributed by atoms with Gasteiger partial charge in [0.25, 0.3) is 5.91 Å². The Kier molecular flexibility index (Phi) is 3.79. The number of hydrogen-bond donors (Lipinski definition) is 1. The summed E-state index contributed by atoms with van der Waals surface area (Å²) in [5.41, 5.74) is 3.86. The first kappa shape index (κ1) is 10.4. The van der Waals surface area contributed by atoms with Gasteiger partial charge in [0.1, 0.15) is 0 Å². The standard InChI is InChI=1S/C10H13N3O/c1-3-8(2)12-13-10(14)9-5-4-6-11-7-9/h4-7H,3H2,1-2H3,(H,13,14)/b12-8+. The molecule has 0 spiro atoms. The number of carbonyl (C=O) groups is 1. The summed E-state index contributed by atoms with van der Waals surface area (Å²) in [6.45, 7) is 3.85. The second kappa shape index (κ2) is 5.11. The van der Waals surface area contributed by atoms with Crippen molar-refractivity contribution in [2.24, 2.45) is 5.10 Å². The van der Waals surface area contributed by atoms with Crippen molar-refractivity contribution in [2.75, 3.05) is 0 Å². The monoisotopic (exact) mass is 191 g/mol. The van der Waals surface area contributed by atoms with Gasteiger partial charge in [0, 0.05) is 18.1 Å². The summed E-state index contributed by atoms with van der Waals surface area (Å²) < 4.78 is 0. The fourth-order valence-corrected chi connectivity index (χ4v) is 0.787. The van der Waals surface area contributed by atoms with E-state index in [0.29, 0.717) is 5.56 Å². The lowest BCUT2D eigenvalue weighted by molar-refractivity contribution is 0.0954. The molecule has 0 unspecified atom stereocenters. The predicted molar refractivity (Wildman–Crippen MR) is 55.1 cm³/mol. The normalized spacial score (nSPS) is 11.1. The number of nitrogens with one attached hydrogen (secondary N) is 1. The zero-order valence-electron chi connectivity index (χ0n) is 8.32. The third kappa shape index (κ3) is 2.97. The molecular weight excluding hydrogens is 178 g/mol. The third-order valence-corrected chi connectivity index (χ3v) is 1.78. The molecule has 4 heteroatoms. The van der Waals surface area contributed by atoms with Crippen molar-refractivity contribution >= 4 is 11.6 Å². The number of aromatic nitrogens is 1. The third-order valence-electron chi connectivity index (χ3n) is 1.78. The zero-order valence-corrected chi connectivity index (χ0v) is 8.32. The van der Waals surface area contributed by atoms with Crippen LogP contribution in [0.1, 0.15) is 30.6 Å². The van der Waals surface area contributed by atoms with Gasteiger partial charge in [-0.05, 0) is 25.5 Å². The molecule has 0 bridgehead atoms. The molecule has 74 valence electrons. The molecule has 0 aliphatic rings. The summed E-state index contributed by atoms with van der Waals surface area (Å²) in [7, 11) is 0. The van der Waals surface area contributed by atoms with E-state index in [9.17, 15) is 4.79 Å². The van der Waals surface area contributed by atoms with Crippen LogP contribution in [0.4, 0.5) is 0 Å². The molecule has 1 rings (SSSR count). The van der Waals surface area contributed by atoms with Crippen molar-refractivity contribution in [2.45, 2.75) is 20.3 Å². The Balaban J connectivity index is 2.60. The van der Waals surface area contributed by atoms with Crippen LogP contribution in [-0.2, 0) is 0 Å². The number of rotatable bonds is 3. The van der Waals surface area contributed by atoms with Crippen LogP contribution in [0.5, 0.6) is 0 Å². The van der Waals surface area contributed by atoms with E-state index in [1.165, 1.54) is 6.20 Å². The molecule has 0 aliphatic heterocycles. The lowest BCUT2D eigenvalue weighted by Gasteiger charge is -1.99. The first-order valence-corrected chi connectivity index (χ1v) is 4.47. The van der Waals surface area contributed by atoms with Crippen LogP contribution in [-0.4, -0.2) is 16.6 Å². The molecule has 1 amide bonds. The van der Waals surface area contributed by atoms with E-state index in [0.717, 1.165) is 12.1 Å². The lowest BCUT2D eigenvalue weighted by Crippen LogP contribution is -2.18. The van der Waals surface area contributed by atoms with Crippen LogP contribution in [0.15, 0.2) is 29.6 Å². The van der Waals surface area contributed by atoms with E-state index in [2.05, 4.69) is 15.5 Å². The Morgan fingerprint density at radius 2 is 2.43 bits per heavy atom. The smallest absolute Gasteiger partial charge is 0.267 e. The number of hydrogen-bond acceptors (Lipinski definition) is 3. The quantitative estimate of drug-likeness (QED) is 0.582. The number of pyridine rings is 1. The molecular formula is C10H13N3O. The SMILES string of the molecule is CC/C(C)=N/NC(=O)c1cccnc1. The van der Waals surface area contributed by atoms with Crippen molar-refractivity contribution in [3.05, 3.63) is 30.1 Å². The summed E-state index contributed by atoms with van der Waals surface area (Å²) in [6.07, 6.45) is 3.96. The van der Waals surface area contributed by atoms with Gasteiger partial charge in [0.15, 0.2) is 0 Å². The first-order valence-electron chi connectivity index (χ1n) is 4.47. The Labute approximate surface area is 83.1 Å². The average Bonchev–Trinajstić information content (AvgIpc) is 2.26. The van der Waals surface area contributed by atoms with Crippen LogP contribution >= 0.6 is 0 Å². The average molecular weight is 191 g/mol. The predicted octanol–water partition coefficient (Wildman–Crippen LogP) is 1.60. The van der Waals surface area contributed by atoms with E-state index in [-0.39, 0.29) is 5.91 Å². The second-order valence-electron chi connectivity index (χ2n) is 2.88. The molecule has 4 nitrogen and oxygen atoms in total. The van der Waals surface area contributed by atoms with Gasteiger partial charge in [-0.2, -0.15) is 5.10 Å². The Morgan fingerprint density at radius 3 is 3.00 bits per heavy atom. The number of amides is 1. The topological polar surface area (TPSA) is 54.4 Å². The van der Waals surface area contributed by atoms with Gasteiger partial charge >= 0.3 is 0 Å². The minimum absolute atomic E-state index is 0.231. The van der Waals surface area contributed by atoms with Crippen LogP contribution < -0.4 is 5.43 Å². The molecule has 0 saturated carbocycles. The van der Waals surface area contributed by atoms with E-state index in [4.69, 9.17) is 0 Å². The second-order valence-corrected chi connectivity index (χ2v) is 2.88. The molecule has 1 aromatic rings. The Hall–Kier alpha value is -1.71. The first-order chi connectivity index (χ1) is 6.74.